The second-order valence-corrected chi connectivity index (χ2v) is 5.33. The molecule has 2 N–H and O–H groups in total. The summed E-state index contributed by atoms with van der Waals surface area (Å²) in [4.78, 5) is 44.6. The second kappa shape index (κ2) is 8.26. The number of benzene rings is 2. The van der Waals surface area contributed by atoms with Crippen LogP contribution in [0.4, 0.5) is 35.9 Å². The first-order chi connectivity index (χ1) is 13.8. The van der Waals surface area contributed by atoms with Crippen LogP contribution in [0.15, 0.2) is 36.4 Å². The molecule has 0 spiro atoms. The Morgan fingerprint density at radius 2 is 1.00 bits per heavy atom. The normalized spacial score (nSPS) is 11.5. The molecule has 0 aromatic heterocycles. The van der Waals surface area contributed by atoms with Crippen LogP contribution in [0.2, 0.25) is 0 Å². The molecule has 0 aliphatic heterocycles. The van der Waals surface area contributed by atoms with Gasteiger partial charge in [-0.15, -0.1) is 0 Å². The zero-order chi connectivity index (χ0) is 22.7. The number of carbonyl (C=O) groups is 4. The van der Waals surface area contributed by atoms with Gasteiger partial charge in [-0.2, -0.15) is 26.3 Å². The lowest BCUT2D eigenvalue weighted by molar-refractivity contribution is -0.172. The maximum Gasteiger partial charge on any atom is 0.471 e. The molecule has 0 fully saturated rings. The molecule has 30 heavy (non-hydrogen) atoms. The van der Waals surface area contributed by atoms with E-state index in [1.165, 1.54) is 24.3 Å². The molecule has 2 aromatic rings. The van der Waals surface area contributed by atoms with Crippen molar-refractivity contribution in [2.45, 2.75) is 12.4 Å². The highest BCUT2D eigenvalue weighted by Crippen LogP contribution is 2.33. The molecule has 0 bridgehead atoms. The first kappa shape index (κ1) is 22.4. The third-order valence-corrected chi connectivity index (χ3v) is 3.16. The van der Waals surface area contributed by atoms with Gasteiger partial charge in [0.25, 0.3) is 0 Å². The summed E-state index contributed by atoms with van der Waals surface area (Å²) in [6.07, 6.45) is -14.6. The summed E-state index contributed by atoms with van der Waals surface area (Å²) in [7, 11) is 0. The van der Waals surface area contributed by atoms with Gasteiger partial charge in [0.15, 0.2) is 11.5 Å². The zero-order valence-electron chi connectivity index (χ0n) is 14.2. The van der Waals surface area contributed by atoms with Crippen molar-refractivity contribution in [1.82, 2.24) is 10.6 Å². The second-order valence-electron chi connectivity index (χ2n) is 5.33. The predicted octanol–water partition coefficient (Wildman–Crippen LogP) is 3.19. The third kappa shape index (κ3) is 5.83. The number of hydrogen-bond acceptors (Lipinski definition) is 6. The number of amides is 4. The van der Waals surface area contributed by atoms with E-state index < -0.39 is 47.9 Å². The van der Waals surface area contributed by atoms with Gasteiger partial charge in [-0.05, 0) is 22.9 Å². The number of ether oxygens (including phenoxy) is 2. The van der Waals surface area contributed by atoms with Crippen molar-refractivity contribution in [2.75, 3.05) is 0 Å². The lowest BCUT2D eigenvalue weighted by Crippen LogP contribution is -2.42. The average Bonchev–Trinajstić information content (AvgIpc) is 2.60. The highest BCUT2D eigenvalue weighted by Gasteiger charge is 2.41. The Kier molecular flexibility index (Phi) is 6.18. The number of fused-ring (bicyclic) bond motifs is 1. The minimum atomic E-state index is -5.40. The lowest BCUT2D eigenvalue weighted by Gasteiger charge is -2.13. The largest absolute Gasteiger partial charge is 0.471 e. The topological polar surface area (TPSA) is 111 Å². The molecule has 2 rings (SSSR count). The Balaban J connectivity index is 2.29. The molecule has 0 aliphatic rings. The first-order valence-corrected chi connectivity index (χ1v) is 7.50. The van der Waals surface area contributed by atoms with E-state index in [1.54, 1.807) is 0 Å². The number of hydrogen-bond donors (Lipinski definition) is 2. The number of nitrogens with one attached hydrogen (secondary N) is 2. The zero-order valence-corrected chi connectivity index (χ0v) is 14.2. The van der Waals surface area contributed by atoms with Crippen LogP contribution in [0.25, 0.3) is 10.8 Å². The van der Waals surface area contributed by atoms with E-state index in [0.717, 1.165) is 22.8 Å². The van der Waals surface area contributed by atoms with Crippen molar-refractivity contribution < 1.29 is 55.0 Å². The molecule has 0 saturated heterocycles. The molecular weight excluding hydrogens is 430 g/mol. The van der Waals surface area contributed by atoms with Gasteiger partial charge < -0.3 is 9.47 Å². The van der Waals surface area contributed by atoms with Crippen molar-refractivity contribution in [3.63, 3.8) is 0 Å². The molecule has 0 saturated carbocycles. The van der Waals surface area contributed by atoms with Crippen molar-refractivity contribution in [3.05, 3.63) is 36.4 Å². The Hall–Kier alpha value is -3.84. The van der Waals surface area contributed by atoms with E-state index in [-0.39, 0.29) is 0 Å². The molecule has 0 heterocycles. The fourth-order valence-electron chi connectivity index (χ4n) is 1.94. The number of imide groups is 2. The fraction of sp³-hybridized carbons (Fsp3) is 0.125. The van der Waals surface area contributed by atoms with Gasteiger partial charge in [0.1, 0.15) is 0 Å². The van der Waals surface area contributed by atoms with Crippen LogP contribution in [-0.2, 0) is 9.59 Å². The van der Waals surface area contributed by atoms with E-state index in [9.17, 15) is 45.5 Å². The summed E-state index contributed by atoms with van der Waals surface area (Å²) in [5, 5.41) is 2.37. The molecule has 14 heteroatoms. The minimum Gasteiger partial charge on any atom is -0.406 e. The van der Waals surface area contributed by atoms with Gasteiger partial charge in [0.05, 0.1) is 0 Å². The van der Waals surface area contributed by atoms with Crippen molar-refractivity contribution in [1.29, 1.82) is 0 Å². The van der Waals surface area contributed by atoms with Gasteiger partial charge in [0.2, 0.25) is 0 Å². The van der Waals surface area contributed by atoms with E-state index in [1.807, 2.05) is 0 Å². The lowest BCUT2D eigenvalue weighted by atomic mass is 10.1. The molecule has 0 radical (unpaired) electrons. The van der Waals surface area contributed by atoms with Crippen LogP contribution in [-0.4, -0.2) is 36.4 Å². The van der Waals surface area contributed by atoms with Gasteiger partial charge >= 0.3 is 36.4 Å². The summed E-state index contributed by atoms with van der Waals surface area (Å²) in [5.41, 5.74) is 0. The summed E-state index contributed by atoms with van der Waals surface area (Å²) in [6.45, 7) is 0. The van der Waals surface area contributed by atoms with E-state index in [2.05, 4.69) is 9.47 Å². The monoisotopic (exact) mass is 438 g/mol. The van der Waals surface area contributed by atoms with Crippen LogP contribution in [0.1, 0.15) is 0 Å². The molecular formula is C16H8F6N2O6. The minimum absolute atomic E-state index is 0.321. The van der Waals surface area contributed by atoms with Crippen molar-refractivity contribution in [3.8, 4) is 11.5 Å². The number of alkyl halides is 6. The highest BCUT2D eigenvalue weighted by molar-refractivity contribution is 5.97. The van der Waals surface area contributed by atoms with E-state index in [0.29, 0.717) is 10.8 Å². The van der Waals surface area contributed by atoms with Gasteiger partial charge in [0, 0.05) is 0 Å². The molecule has 160 valence electrons. The molecule has 0 aliphatic carbocycles. The average molecular weight is 438 g/mol. The standard InChI is InChI=1S/C16H8F6N2O6/c17-15(18,19)11(25)23-13(27)29-9-5-7-3-1-2-4-8(7)6-10(9)30-14(28)24-12(26)16(20,21)22/h1-6H,(H,23,25,27)(H,24,26,28). The smallest absolute Gasteiger partial charge is 0.406 e. The van der Waals surface area contributed by atoms with Crippen molar-refractivity contribution in [2.24, 2.45) is 0 Å². The predicted molar refractivity (Wildman–Crippen MR) is 84.4 cm³/mol. The van der Waals surface area contributed by atoms with Gasteiger partial charge in [-0.25, -0.2) is 9.59 Å². The molecule has 0 unspecified atom stereocenters. The maximum atomic E-state index is 12.2. The SMILES string of the molecule is O=C(NC(=O)C(F)(F)F)Oc1cc2ccccc2cc1OC(=O)NC(=O)C(F)(F)F. The number of halogens is 6. The molecule has 0 atom stereocenters. The third-order valence-electron chi connectivity index (χ3n) is 3.16. The Morgan fingerprint density at radius 1 is 0.667 bits per heavy atom. The van der Waals surface area contributed by atoms with Crippen molar-refractivity contribution >= 4 is 34.8 Å². The van der Waals surface area contributed by atoms with Crippen LogP contribution in [0, 0.1) is 0 Å². The van der Waals surface area contributed by atoms with Gasteiger partial charge in [-0.1, -0.05) is 24.3 Å². The molecule has 2 aromatic carbocycles. The summed E-state index contributed by atoms with van der Waals surface area (Å²) < 4.78 is 82.2. The molecule has 4 amide bonds. The Labute approximate surface area is 161 Å². The van der Waals surface area contributed by atoms with Crippen LogP contribution in [0.5, 0.6) is 11.5 Å². The summed E-state index contributed by atoms with van der Waals surface area (Å²) in [5.74, 6) is -6.75. The maximum absolute atomic E-state index is 12.2. The van der Waals surface area contributed by atoms with E-state index in [4.69, 9.17) is 0 Å². The van der Waals surface area contributed by atoms with Crippen LogP contribution >= 0.6 is 0 Å². The summed E-state index contributed by atoms with van der Waals surface area (Å²) >= 11 is 0. The summed E-state index contributed by atoms with van der Waals surface area (Å²) in [6, 6.07) is 7.96. The first-order valence-electron chi connectivity index (χ1n) is 7.50. The Morgan fingerprint density at radius 3 is 1.30 bits per heavy atom. The van der Waals surface area contributed by atoms with Crippen LogP contribution in [0.3, 0.4) is 0 Å². The van der Waals surface area contributed by atoms with E-state index >= 15 is 0 Å². The fourth-order valence-corrected chi connectivity index (χ4v) is 1.94. The quantitative estimate of drug-likeness (QED) is 0.697. The number of rotatable bonds is 2. The Bertz CT molecular complexity index is 937. The van der Waals surface area contributed by atoms with Gasteiger partial charge in [-0.3, -0.25) is 20.2 Å². The number of carbonyl (C=O) groups excluding carboxylic acids is 4. The van der Waals surface area contributed by atoms with Crippen LogP contribution < -0.4 is 20.1 Å². The molecule has 8 nitrogen and oxygen atoms in total. The highest BCUT2D eigenvalue weighted by atomic mass is 19.4.